The number of nitrogens with one attached hydrogen (secondary N) is 1. The fourth-order valence-electron chi connectivity index (χ4n) is 2.16. The molecule has 1 aromatic heterocycles. The SMILES string of the molecule is Cn1ncc(-c2ccc(N3CCC(=O)N3)cc2)c1N. The highest BCUT2D eigenvalue weighted by Gasteiger charge is 2.18. The molecule has 0 saturated carbocycles. The maximum atomic E-state index is 11.2. The van der Waals surface area contributed by atoms with Crippen molar-refractivity contribution in [3.05, 3.63) is 30.5 Å². The number of benzene rings is 1. The zero-order chi connectivity index (χ0) is 13.4. The Bertz CT molecular complexity index is 616. The second-order valence-corrected chi connectivity index (χ2v) is 4.55. The topological polar surface area (TPSA) is 76.2 Å². The highest BCUT2D eigenvalue weighted by Crippen LogP contribution is 2.27. The number of hydrazine groups is 1. The molecule has 19 heavy (non-hydrogen) atoms. The van der Waals surface area contributed by atoms with Gasteiger partial charge in [0.15, 0.2) is 0 Å². The summed E-state index contributed by atoms with van der Waals surface area (Å²) in [6, 6.07) is 7.89. The van der Waals surface area contributed by atoms with Gasteiger partial charge in [0.2, 0.25) is 5.91 Å². The van der Waals surface area contributed by atoms with E-state index in [2.05, 4.69) is 10.5 Å². The Kier molecular flexibility index (Phi) is 2.63. The maximum absolute atomic E-state index is 11.2. The Morgan fingerprint density at radius 3 is 2.58 bits per heavy atom. The molecule has 0 spiro atoms. The number of nitrogens with two attached hydrogens (primary N) is 1. The Morgan fingerprint density at radius 2 is 2.05 bits per heavy atom. The van der Waals surface area contributed by atoms with E-state index in [0.29, 0.717) is 18.8 Å². The quantitative estimate of drug-likeness (QED) is 0.838. The maximum Gasteiger partial charge on any atom is 0.240 e. The van der Waals surface area contributed by atoms with Crippen LogP contribution >= 0.6 is 0 Å². The lowest BCUT2D eigenvalue weighted by molar-refractivity contribution is -0.119. The van der Waals surface area contributed by atoms with Gasteiger partial charge in [0.1, 0.15) is 5.82 Å². The Balaban J connectivity index is 1.87. The van der Waals surface area contributed by atoms with Crippen LogP contribution in [0.5, 0.6) is 0 Å². The number of carbonyl (C=O) groups is 1. The Labute approximate surface area is 110 Å². The largest absolute Gasteiger partial charge is 0.383 e. The first-order chi connectivity index (χ1) is 9.15. The zero-order valence-corrected chi connectivity index (χ0v) is 10.6. The van der Waals surface area contributed by atoms with Crippen molar-refractivity contribution >= 4 is 17.4 Å². The third-order valence-electron chi connectivity index (χ3n) is 3.30. The number of aryl methyl sites for hydroxylation is 1. The number of nitrogen functional groups attached to an aromatic ring is 1. The molecule has 6 heteroatoms. The summed E-state index contributed by atoms with van der Waals surface area (Å²) in [5.41, 5.74) is 11.6. The normalized spacial score (nSPS) is 14.8. The van der Waals surface area contributed by atoms with Crippen LogP contribution in [0.15, 0.2) is 30.5 Å². The van der Waals surface area contributed by atoms with E-state index in [-0.39, 0.29) is 5.91 Å². The van der Waals surface area contributed by atoms with Crippen LogP contribution in [-0.2, 0) is 11.8 Å². The summed E-state index contributed by atoms with van der Waals surface area (Å²) in [5.74, 6) is 0.697. The van der Waals surface area contributed by atoms with Gasteiger partial charge in [-0.1, -0.05) is 12.1 Å². The monoisotopic (exact) mass is 257 g/mol. The number of rotatable bonds is 2. The van der Waals surface area contributed by atoms with Crippen molar-refractivity contribution in [1.29, 1.82) is 0 Å². The summed E-state index contributed by atoms with van der Waals surface area (Å²) in [4.78, 5) is 11.2. The highest BCUT2D eigenvalue weighted by atomic mass is 16.2. The molecule has 0 unspecified atom stereocenters. The molecule has 1 aliphatic rings. The molecule has 3 rings (SSSR count). The molecule has 1 amide bonds. The van der Waals surface area contributed by atoms with Crippen molar-refractivity contribution < 1.29 is 4.79 Å². The molecule has 1 aliphatic heterocycles. The molecular weight excluding hydrogens is 242 g/mol. The van der Waals surface area contributed by atoms with E-state index >= 15 is 0 Å². The van der Waals surface area contributed by atoms with Crippen molar-refractivity contribution in [2.24, 2.45) is 7.05 Å². The average Bonchev–Trinajstić information content (AvgIpc) is 2.98. The molecule has 3 N–H and O–H groups in total. The van der Waals surface area contributed by atoms with E-state index in [1.54, 1.807) is 10.9 Å². The van der Waals surface area contributed by atoms with Gasteiger partial charge in [-0.15, -0.1) is 0 Å². The van der Waals surface area contributed by atoms with E-state index in [0.717, 1.165) is 16.8 Å². The van der Waals surface area contributed by atoms with Gasteiger partial charge in [-0.05, 0) is 17.7 Å². The average molecular weight is 257 g/mol. The van der Waals surface area contributed by atoms with Crippen LogP contribution in [-0.4, -0.2) is 22.2 Å². The summed E-state index contributed by atoms with van der Waals surface area (Å²) in [6.07, 6.45) is 2.29. The third kappa shape index (κ3) is 2.01. The fourth-order valence-corrected chi connectivity index (χ4v) is 2.16. The van der Waals surface area contributed by atoms with Crippen LogP contribution in [0.3, 0.4) is 0 Å². The predicted molar refractivity (Wildman–Crippen MR) is 73.2 cm³/mol. The molecule has 6 nitrogen and oxygen atoms in total. The van der Waals surface area contributed by atoms with Gasteiger partial charge >= 0.3 is 0 Å². The van der Waals surface area contributed by atoms with Crippen LogP contribution in [0.2, 0.25) is 0 Å². The van der Waals surface area contributed by atoms with Gasteiger partial charge in [-0.25, -0.2) is 0 Å². The van der Waals surface area contributed by atoms with Crippen molar-refractivity contribution in [2.75, 3.05) is 17.3 Å². The molecule has 2 aromatic rings. The second-order valence-electron chi connectivity index (χ2n) is 4.55. The number of anilines is 2. The van der Waals surface area contributed by atoms with Gasteiger partial charge in [-0.2, -0.15) is 5.10 Å². The minimum atomic E-state index is 0.0561. The first kappa shape index (κ1) is 11.6. The molecule has 1 fully saturated rings. The molecule has 0 radical (unpaired) electrons. The van der Waals surface area contributed by atoms with Gasteiger partial charge in [-0.3, -0.25) is 19.9 Å². The third-order valence-corrected chi connectivity index (χ3v) is 3.30. The fraction of sp³-hybridized carbons (Fsp3) is 0.231. The summed E-state index contributed by atoms with van der Waals surface area (Å²) < 4.78 is 1.64. The number of hydrogen-bond donors (Lipinski definition) is 2. The number of aromatic nitrogens is 2. The number of amides is 1. The van der Waals surface area contributed by atoms with Crippen molar-refractivity contribution in [1.82, 2.24) is 15.2 Å². The van der Waals surface area contributed by atoms with E-state index in [1.165, 1.54) is 0 Å². The van der Waals surface area contributed by atoms with Crippen LogP contribution in [0, 0.1) is 0 Å². The lowest BCUT2D eigenvalue weighted by Crippen LogP contribution is -2.32. The molecule has 0 aliphatic carbocycles. The molecular formula is C13H15N5O. The number of nitrogens with zero attached hydrogens (tertiary/aromatic N) is 3. The predicted octanol–water partition coefficient (Wildman–Crippen LogP) is 0.911. The zero-order valence-electron chi connectivity index (χ0n) is 10.6. The lowest BCUT2D eigenvalue weighted by atomic mass is 10.1. The first-order valence-electron chi connectivity index (χ1n) is 6.10. The Hall–Kier alpha value is -2.50. The van der Waals surface area contributed by atoms with E-state index in [1.807, 2.05) is 36.3 Å². The second kappa shape index (κ2) is 4.31. The van der Waals surface area contributed by atoms with Crippen molar-refractivity contribution in [3.8, 4) is 11.1 Å². The Morgan fingerprint density at radius 1 is 1.32 bits per heavy atom. The van der Waals surface area contributed by atoms with E-state index in [4.69, 9.17) is 5.73 Å². The highest BCUT2D eigenvalue weighted by molar-refractivity contribution is 5.82. The van der Waals surface area contributed by atoms with Gasteiger partial charge in [0.25, 0.3) is 0 Å². The molecule has 2 heterocycles. The van der Waals surface area contributed by atoms with Crippen LogP contribution < -0.4 is 16.2 Å². The van der Waals surface area contributed by atoms with Crippen LogP contribution in [0.4, 0.5) is 11.5 Å². The smallest absolute Gasteiger partial charge is 0.240 e. The first-order valence-corrected chi connectivity index (χ1v) is 6.10. The van der Waals surface area contributed by atoms with E-state index < -0.39 is 0 Å². The van der Waals surface area contributed by atoms with Gasteiger partial charge < -0.3 is 5.73 Å². The van der Waals surface area contributed by atoms with Crippen LogP contribution in [0.25, 0.3) is 11.1 Å². The van der Waals surface area contributed by atoms with E-state index in [9.17, 15) is 4.79 Å². The summed E-state index contributed by atoms with van der Waals surface area (Å²) in [6.45, 7) is 0.702. The number of hydrogen-bond acceptors (Lipinski definition) is 4. The summed E-state index contributed by atoms with van der Waals surface area (Å²) >= 11 is 0. The molecule has 0 atom stereocenters. The van der Waals surface area contributed by atoms with Crippen molar-refractivity contribution in [2.45, 2.75) is 6.42 Å². The molecule has 0 bridgehead atoms. The minimum absolute atomic E-state index is 0.0561. The number of carbonyl (C=O) groups excluding carboxylic acids is 1. The standard InChI is InChI=1S/C13H15N5O/c1-17-13(14)11(8-15-17)9-2-4-10(5-3-9)18-7-6-12(19)16-18/h2-5,8H,6-7,14H2,1H3,(H,16,19). The molecule has 1 saturated heterocycles. The molecule has 98 valence electrons. The lowest BCUT2D eigenvalue weighted by Gasteiger charge is -2.17. The van der Waals surface area contributed by atoms with Gasteiger partial charge in [0, 0.05) is 25.6 Å². The minimum Gasteiger partial charge on any atom is -0.383 e. The van der Waals surface area contributed by atoms with Crippen molar-refractivity contribution in [3.63, 3.8) is 0 Å². The summed E-state index contributed by atoms with van der Waals surface area (Å²) in [5, 5.41) is 5.97. The van der Waals surface area contributed by atoms with Gasteiger partial charge in [0.05, 0.1) is 11.9 Å². The molecule has 1 aromatic carbocycles. The van der Waals surface area contributed by atoms with Crippen LogP contribution in [0.1, 0.15) is 6.42 Å². The summed E-state index contributed by atoms with van der Waals surface area (Å²) in [7, 11) is 1.81.